The second-order valence-corrected chi connectivity index (χ2v) is 4.94. The monoisotopic (exact) mass is 279 g/mol. The van der Waals surface area contributed by atoms with Crippen molar-refractivity contribution in [1.29, 1.82) is 0 Å². The summed E-state index contributed by atoms with van der Waals surface area (Å²) in [6.07, 6.45) is 2.80. The maximum Gasteiger partial charge on any atom is 0.178 e. The summed E-state index contributed by atoms with van der Waals surface area (Å²) in [5.41, 5.74) is 2.23. The van der Waals surface area contributed by atoms with Gasteiger partial charge in [0.25, 0.3) is 0 Å². The molecule has 19 heavy (non-hydrogen) atoms. The van der Waals surface area contributed by atoms with Gasteiger partial charge in [0.05, 0.1) is 13.2 Å². The number of ether oxygens (including phenoxy) is 2. The molecule has 1 aromatic heterocycles. The van der Waals surface area contributed by atoms with Crippen LogP contribution in [0, 0.1) is 6.92 Å². The van der Waals surface area contributed by atoms with Crippen molar-refractivity contribution in [3.05, 3.63) is 47.0 Å². The third-order valence-corrected chi connectivity index (χ3v) is 3.37. The zero-order valence-corrected chi connectivity index (χ0v) is 11.2. The molecule has 2 unspecified atom stereocenters. The SMILES string of the molecule is Cc1cc(Cl)ccc1C1COC(Cn2cncn2)O1. The van der Waals surface area contributed by atoms with E-state index in [1.165, 1.54) is 6.33 Å². The van der Waals surface area contributed by atoms with Crippen molar-refractivity contribution < 1.29 is 9.47 Å². The molecule has 1 saturated heterocycles. The molecule has 2 atom stereocenters. The maximum atomic E-state index is 5.96. The third-order valence-electron chi connectivity index (χ3n) is 3.13. The van der Waals surface area contributed by atoms with Gasteiger partial charge in [0, 0.05) is 5.02 Å². The van der Waals surface area contributed by atoms with Crippen LogP contribution >= 0.6 is 11.6 Å². The van der Waals surface area contributed by atoms with Crippen LogP contribution in [-0.4, -0.2) is 27.7 Å². The Morgan fingerprint density at radius 1 is 1.47 bits per heavy atom. The number of aryl methyl sites for hydroxylation is 1. The first-order chi connectivity index (χ1) is 9.22. The minimum atomic E-state index is -0.290. The fraction of sp³-hybridized carbons (Fsp3) is 0.385. The predicted molar refractivity (Wildman–Crippen MR) is 69.8 cm³/mol. The molecular formula is C13H14ClN3O2. The van der Waals surface area contributed by atoms with Crippen molar-refractivity contribution in [3.63, 3.8) is 0 Å². The van der Waals surface area contributed by atoms with E-state index in [-0.39, 0.29) is 12.4 Å². The van der Waals surface area contributed by atoms with Crippen LogP contribution in [0.15, 0.2) is 30.9 Å². The second-order valence-electron chi connectivity index (χ2n) is 4.51. The molecule has 6 heteroatoms. The number of nitrogens with zero attached hydrogens (tertiary/aromatic N) is 3. The summed E-state index contributed by atoms with van der Waals surface area (Å²) < 4.78 is 13.2. The van der Waals surface area contributed by atoms with Crippen LogP contribution in [-0.2, 0) is 16.0 Å². The molecule has 5 nitrogen and oxygen atoms in total. The van der Waals surface area contributed by atoms with E-state index in [4.69, 9.17) is 21.1 Å². The molecule has 2 aromatic rings. The number of hydrogen-bond acceptors (Lipinski definition) is 4. The van der Waals surface area contributed by atoms with E-state index in [0.29, 0.717) is 13.2 Å². The van der Waals surface area contributed by atoms with Gasteiger partial charge in [-0.15, -0.1) is 0 Å². The van der Waals surface area contributed by atoms with Crippen molar-refractivity contribution in [3.8, 4) is 0 Å². The molecule has 0 aliphatic carbocycles. The standard InChI is InChI=1S/C13H14ClN3O2/c1-9-4-10(14)2-3-11(9)12-6-18-13(19-12)5-17-8-15-7-16-17/h2-4,7-8,12-13H,5-6H2,1H3. The fourth-order valence-electron chi connectivity index (χ4n) is 2.20. The van der Waals surface area contributed by atoms with Gasteiger partial charge in [-0.1, -0.05) is 17.7 Å². The van der Waals surface area contributed by atoms with E-state index in [2.05, 4.69) is 10.1 Å². The number of hydrogen-bond donors (Lipinski definition) is 0. The van der Waals surface area contributed by atoms with Crippen LogP contribution in [0.3, 0.4) is 0 Å². The zero-order chi connectivity index (χ0) is 13.2. The number of aromatic nitrogens is 3. The first kappa shape index (κ1) is 12.6. The molecule has 0 bridgehead atoms. The summed E-state index contributed by atoms with van der Waals surface area (Å²) in [7, 11) is 0. The fourth-order valence-corrected chi connectivity index (χ4v) is 2.42. The molecule has 0 N–H and O–H groups in total. The van der Waals surface area contributed by atoms with Crippen molar-refractivity contribution in [2.24, 2.45) is 0 Å². The summed E-state index contributed by atoms with van der Waals surface area (Å²) in [4.78, 5) is 3.89. The Labute approximate surface area is 116 Å². The van der Waals surface area contributed by atoms with E-state index < -0.39 is 0 Å². The highest BCUT2D eigenvalue weighted by atomic mass is 35.5. The first-order valence-corrected chi connectivity index (χ1v) is 6.45. The number of halogens is 1. The normalized spacial score (nSPS) is 22.8. The lowest BCUT2D eigenvalue weighted by Crippen LogP contribution is -2.17. The summed E-state index contributed by atoms with van der Waals surface area (Å²) in [5.74, 6) is 0. The van der Waals surface area contributed by atoms with Gasteiger partial charge in [-0.3, -0.25) is 0 Å². The van der Waals surface area contributed by atoms with Crippen LogP contribution in [0.4, 0.5) is 0 Å². The average Bonchev–Trinajstić information content (AvgIpc) is 3.01. The lowest BCUT2D eigenvalue weighted by atomic mass is 10.0. The minimum absolute atomic E-state index is 0.0502. The van der Waals surface area contributed by atoms with Gasteiger partial charge in [0.15, 0.2) is 6.29 Å². The summed E-state index contributed by atoms with van der Waals surface area (Å²) >= 11 is 5.96. The van der Waals surface area contributed by atoms with Gasteiger partial charge in [-0.05, 0) is 30.2 Å². The topological polar surface area (TPSA) is 49.2 Å². The quantitative estimate of drug-likeness (QED) is 0.865. The number of benzene rings is 1. The highest BCUT2D eigenvalue weighted by Crippen LogP contribution is 2.30. The van der Waals surface area contributed by atoms with Crippen LogP contribution < -0.4 is 0 Å². The first-order valence-electron chi connectivity index (χ1n) is 6.08. The van der Waals surface area contributed by atoms with Gasteiger partial charge in [-0.25, -0.2) is 9.67 Å². The Morgan fingerprint density at radius 2 is 2.37 bits per heavy atom. The van der Waals surface area contributed by atoms with Crippen molar-refractivity contribution in [2.75, 3.05) is 6.61 Å². The summed E-state index contributed by atoms with van der Waals surface area (Å²) in [6, 6.07) is 5.80. The smallest absolute Gasteiger partial charge is 0.178 e. The molecule has 1 aliphatic heterocycles. The van der Waals surface area contributed by atoms with Gasteiger partial charge >= 0.3 is 0 Å². The highest BCUT2D eigenvalue weighted by Gasteiger charge is 2.28. The molecule has 3 rings (SSSR count). The van der Waals surface area contributed by atoms with Crippen molar-refractivity contribution in [1.82, 2.24) is 14.8 Å². The van der Waals surface area contributed by atoms with Crippen LogP contribution in [0.2, 0.25) is 5.02 Å². The van der Waals surface area contributed by atoms with E-state index in [1.807, 2.05) is 25.1 Å². The third kappa shape index (κ3) is 2.78. The second kappa shape index (κ2) is 5.28. The van der Waals surface area contributed by atoms with E-state index in [1.54, 1.807) is 11.0 Å². The summed E-state index contributed by atoms with van der Waals surface area (Å²) in [5, 5.41) is 4.77. The van der Waals surface area contributed by atoms with Crippen LogP contribution in [0.1, 0.15) is 17.2 Å². The van der Waals surface area contributed by atoms with Crippen LogP contribution in [0.25, 0.3) is 0 Å². The lowest BCUT2D eigenvalue weighted by Gasteiger charge is -2.13. The average molecular weight is 280 g/mol. The molecule has 1 aliphatic rings. The largest absolute Gasteiger partial charge is 0.348 e. The Bertz CT molecular complexity index is 559. The Hall–Kier alpha value is -1.43. The van der Waals surface area contributed by atoms with Gasteiger partial charge < -0.3 is 9.47 Å². The molecule has 2 heterocycles. The molecular weight excluding hydrogens is 266 g/mol. The predicted octanol–water partition coefficient (Wildman–Crippen LogP) is 2.35. The van der Waals surface area contributed by atoms with E-state index in [9.17, 15) is 0 Å². The molecule has 1 aromatic carbocycles. The van der Waals surface area contributed by atoms with E-state index >= 15 is 0 Å². The molecule has 0 radical (unpaired) electrons. The van der Waals surface area contributed by atoms with Crippen molar-refractivity contribution >= 4 is 11.6 Å². The molecule has 0 saturated carbocycles. The zero-order valence-electron chi connectivity index (χ0n) is 10.5. The van der Waals surface area contributed by atoms with Crippen LogP contribution in [0.5, 0.6) is 0 Å². The summed E-state index contributed by atoms with van der Waals surface area (Å²) in [6.45, 7) is 3.11. The van der Waals surface area contributed by atoms with E-state index in [0.717, 1.165) is 16.1 Å². The Balaban J connectivity index is 1.68. The van der Waals surface area contributed by atoms with Gasteiger partial charge in [0.2, 0.25) is 0 Å². The minimum Gasteiger partial charge on any atom is -0.348 e. The lowest BCUT2D eigenvalue weighted by molar-refractivity contribution is -0.0700. The van der Waals surface area contributed by atoms with Crippen molar-refractivity contribution in [2.45, 2.75) is 25.9 Å². The Morgan fingerprint density at radius 3 is 3.11 bits per heavy atom. The van der Waals surface area contributed by atoms with Gasteiger partial charge in [-0.2, -0.15) is 5.10 Å². The molecule has 1 fully saturated rings. The molecule has 100 valence electrons. The Kier molecular flexibility index (Phi) is 3.50. The number of rotatable bonds is 3. The highest BCUT2D eigenvalue weighted by molar-refractivity contribution is 6.30. The maximum absolute atomic E-state index is 5.96. The molecule has 0 spiro atoms. The molecule has 0 amide bonds. The van der Waals surface area contributed by atoms with Gasteiger partial charge in [0.1, 0.15) is 18.8 Å².